The zero-order valence-electron chi connectivity index (χ0n) is 9.47. The second kappa shape index (κ2) is 5.31. The van der Waals surface area contributed by atoms with Crippen molar-refractivity contribution in [1.82, 2.24) is 9.78 Å². The van der Waals surface area contributed by atoms with Gasteiger partial charge in [-0.05, 0) is 18.2 Å². The van der Waals surface area contributed by atoms with E-state index < -0.39 is 5.56 Å². The fourth-order valence-electron chi connectivity index (χ4n) is 1.53. The zero-order valence-corrected chi connectivity index (χ0v) is 11.0. The van der Waals surface area contributed by atoms with E-state index in [1.165, 1.54) is 18.2 Å². The number of benzene rings is 1. The lowest BCUT2D eigenvalue weighted by Gasteiger charge is -2.08. The van der Waals surface area contributed by atoms with Crippen molar-refractivity contribution in [2.24, 2.45) is 0 Å². The maximum atomic E-state index is 11.8. The molecule has 5 nitrogen and oxygen atoms in total. The SMILES string of the molecule is N#CCc1nn(-c2cc(Cl)cc(Cl)c2)c(=O)cc1O. The Hall–Kier alpha value is -2.03. The molecule has 2 aromatic rings. The molecule has 0 saturated heterocycles. The molecule has 0 saturated carbocycles. The average molecular weight is 296 g/mol. The van der Waals surface area contributed by atoms with Crippen molar-refractivity contribution in [3.05, 3.63) is 50.4 Å². The van der Waals surface area contributed by atoms with E-state index in [0.717, 1.165) is 10.7 Å². The van der Waals surface area contributed by atoms with Crippen LogP contribution in [0.3, 0.4) is 0 Å². The van der Waals surface area contributed by atoms with Gasteiger partial charge in [0.2, 0.25) is 0 Å². The molecule has 0 fully saturated rings. The summed E-state index contributed by atoms with van der Waals surface area (Å²) in [5.41, 5.74) is -0.0718. The van der Waals surface area contributed by atoms with E-state index in [9.17, 15) is 9.90 Å². The van der Waals surface area contributed by atoms with Gasteiger partial charge >= 0.3 is 0 Å². The fraction of sp³-hybridized carbons (Fsp3) is 0.0833. The summed E-state index contributed by atoms with van der Waals surface area (Å²) in [5.74, 6) is -0.309. The number of aromatic nitrogens is 2. The highest BCUT2D eigenvalue weighted by Crippen LogP contribution is 2.21. The van der Waals surface area contributed by atoms with Crippen LogP contribution in [-0.4, -0.2) is 14.9 Å². The topological polar surface area (TPSA) is 78.9 Å². The lowest BCUT2D eigenvalue weighted by atomic mass is 10.3. The molecule has 0 radical (unpaired) electrons. The minimum Gasteiger partial charge on any atom is -0.506 e. The van der Waals surface area contributed by atoms with E-state index in [-0.39, 0.29) is 17.9 Å². The van der Waals surface area contributed by atoms with Crippen LogP contribution in [0.1, 0.15) is 5.69 Å². The molecule has 0 aliphatic rings. The van der Waals surface area contributed by atoms with Crippen LogP contribution >= 0.6 is 23.2 Å². The van der Waals surface area contributed by atoms with Gasteiger partial charge < -0.3 is 5.11 Å². The number of hydrogen-bond acceptors (Lipinski definition) is 4. The molecule has 7 heteroatoms. The third kappa shape index (κ3) is 2.87. The summed E-state index contributed by atoms with van der Waals surface area (Å²) in [6, 6.07) is 7.39. The third-order valence-corrected chi connectivity index (χ3v) is 2.76. The molecule has 96 valence electrons. The largest absolute Gasteiger partial charge is 0.506 e. The number of rotatable bonds is 2. The highest BCUT2D eigenvalue weighted by Gasteiger charge is 2.10. The van der Waals surface area contributed by atoms with Gasteiger partial charge in [0.15, 0.2) is 0 Å². The summed E-state index contributed by atoms with van der Waals surface area (Å²) < 4.78 is 1.03. The number of aromatic hydroxyl groups is 1. The Morgan fingerprint density at radius 3 is 2.47 bits per heavy atom. The molecule has 1 heterocycles. The Labute approximate surface area is 118 Å². The predicted molar refractivity (Wildman–Crippen MR) is 70.8 cm³/mol. The van der Waals surface area contributed by atoms with Gasteiger partial charge in [-0.2, -0.15) is 15.0 Å². The molecule has 0 aliphatic heterocycles. The first-order valence-electron chi connectivity index (χ1n) is 5.17. The Morgan fingerprint density at radius 2 is 1.89 bits per heavy atom. The Bertz CT molecular complexity index is 714. The van der Waals surface area contributed by atoms with E-state index >= 15 is 0 Å². The van der Waals surface area contributed by atoms with E-state index in [2.05, 4.69) is 5.10 Å². The molecule has 1 aromatic heterocycles. The maximum Gasteiger partial charge on any atom is 0.275 e. The normalized spacial score (nSPS) is 10.2. The van der Waals surface area contributed by atoms with Crippen molar-refractivity contribution in [1.29, 1.82) is 5.26 Å². The summed E-state index contributed by atoms with van der Waals surface area (Å²) in [6.45, 7) is 0. The van der Waals surface area contributed by atoms with Crippen LogP contribution in [0, 0.1) is 11.3 Å². The lowest BCUT2D eigenvalue weighted by molar-refractivity contribution is 0.459. The van der Waals surface area contributed by atoms with Crippen molar-refractivity contribution in [2.45, 2.75) is 6.42 Å². The van der Waals surface area contributed by atoms with Crippen LogP contribution < -0.4 is 5.56 Å². The molecule has 19 heavy (non-hydrogen) atoms. The third-order valence-electron chi connectivity index (χ3n) is 2.32. The second-order valence-electron chi connectivity index (χ2n) is 3.69. The van der Waals surface area contributed by atoms with Gasteiger partial charge in [-0.3, -0.25) is 4.79 Å². The molecular weight excluding hydrogens is 289 g/mol. The smallest absolute Gasteiger partial charge is 0.275 e. The van der Waals surface area contributed by atoms with Gasteiger partial charge in [0.25, 0.3) is 5.56 Å². The van der Waals surface area contributed by atoms with Crippen molar-refractivity contribution in [3.63, 3.8) is 0 Å². The number of halogens is 2. The molecule has 1 aromatic carbocycles. The molecule has 0 spiro atoms. The van der Waals surface area contributed by atoms with E-state index in [4.69, 9.17) is 28.5 Å². The van der Waals surface area contributed by atoms with Crippen molar-refractivity contribution < 1.29 is 5.11 Å². The average Bonchev–Trinajstić information content (AvgIpc) is 2.31. The highest BCUT2D eigenvalue weighted by atomic mass is 35.5. The molecule has 0 amide bonds. The molecule has 1 N–H and O–H groups in total. The Balaban J connectivity index is 2.65. The van der Waals surface area contributed by atoms with Crippen LogP contribution in [0.25, 0.3) is 5.69 Å². The summed E-state index contributed by atoms with van der Waals surface area (Å²) in [6.07, 6.45) is -0.111. The van der Waals surface area contributed by atoms with Crippen LogP contribution in [0.15, 0.2) is 29.1 Å². The Kier molecular flexibility index (Phi) is 3.74. The van der Waals surface area contributed by atoms with E-state index in [0.29, 0.717) is 15.7 Å². The minimum absolute atomic E-state index is 0.109. The molecule has 0 bridgehead atoms. The molecule has 2 rings (SSSR count). The van der Waals surface area contributed by atoms with Gasteiger partial charge in [0, 0.05) is 16.1 Å². The summed E-state index contributed by atoms with van der Waals surface area (Å²) in [5, 5.41) is 22.8. The van der Waals surface area contributed by atoms with Crippen LogP contribution in [0.2, 0.25) is 10.0 Å². The monoisotopic (exact) mass is 295 g/mol. The summed E-state index contributed by atoms with van der Waals surface area (Å²) in [7, 11) is 0. The second-order valence-corrected chi connectivity index (χ2v) is 4.56. The Morgan fingerprint density at radius 1 is 1.26 bits per heavy atom. The molecular formula is C12H7Cl2N3O2. The first-order chi connectivity index (χ1) is 9.01. The van der Waals surface area contributed by atoms with E-state index in [1.807, 2.05) is 6.07 Å². The summed E-state index contributed by atoms with van der Waals surface area (Å²) >= 11 is 11.7. The van der Waals surface area contributed by atoms with E-state index in [1.54, 1.807) is 0 Å². The zero-order chi connectivity index (χ0) is 14.0. The van der Waals surface area contributed by atoms with Crippen molar-refractivity contribution in [3.8, 4) is 17.5 Å². The summed E-state index contributed by atoms with van der Waals surface area (Å²) in [4.78, 5) is 11.8. The van der Waals surface area contributed by atoms with Crippen molar-refractivity contribution in [2.75, 3.05) is 0 Å². The minimum atomic E-state index is -0.544. The van der Waals surface area contributed by atoms with Gasteiger partial charge in [0.1, 0.15) is 11.4 Å². The fourth-order valence-corrected chi connectivity index (χ4v) is 2.04. The standard InChI is InChI=1S/C12H7Cl2N3O2/c13-7-3-8(14)5-9(4-7)17-12(19)6-11(18)10(16-17)1-2-15/h3-6,18H,1H2. The van der Waals surface area contributed by atoms with Crippen LogP contribution in [0.5, 0.6) is 5.75 Å². The first-order valence-corrected chi connectivity index (χ1v) is 5.92. The lowest BCUT2D eigenvalue weighted by Crippen LogP contribution is -2.21. The molecule has 0 atom stereocenters. The number of nitrogens with zero attached hydrogens (tertiary/aromatic N) is 3. The van der Waals surface area contributed by atoms with Crippen LogP contribution in [0.4, 0.5) is 0 Å². The maximum absolute atomic E-state index is 11.8. The highest BCUT2D eigenvalue weighted by molar-refractivity contribution is 6.34. The molecule has 0 unspecified atom stereocenters. The molecule has 0 aliphatic carbocycles. The quantitative estimate of drug-likeness (QED) is 0.922. The first kappa shape index (κ1) is 13.4. The number of nitriles is 1. The predicted octanol–water partition coefficient (Wildman–Crippen LogP) is 2.31. The van der Waals surface area contributed by atoms with Crippen molar-refractivity contribution >= 4 is 23.2 Å². The van der Waals surface area contributed by atoms with Gasteiger partial charge in [0.05, 0.1) is 18.2 Å². The van der Waals surface area contributed by atoms with Gasteiger partial charge in [-0.1, -0.05) is 23.2 Å². The number of hydrogen-bond donors (Lipinski definition) is 1. The van der Waals surface area contributed by atoms with Crippen LogP contribution in [-0.2, 0) is 6.42 Å². The van der Waals surface area contributed by atoms with Gasteiger partial charge in [-0.15, -0.1) is 0 Å². The van der Waals surface area contributed by atoms with Gasteiger partial charge in [-0.25, -0.2) is 0 Å².